The Morgan fingerprint density at radius 3 is 2.15 bits per heavy atom. The zero-order valence-electron chi connectivity index (χ0n) is 12.1. The molecule has 3 nitrogen and oxygen atoms in total. The number of hydrogen-bond acceptors (Lipinski definition) is 2. The maximum atomic E-state index is 12.8. The van der Waals surface area contributed by atoms with Gasteiger partial charge in [-0.1, -0.05) is 42.5 Å². The Morgan fingerprint density at radius 1 is 1.00 bits per heavy atom. The van der Waals surface area contributed by atoms with Crippen molar-refractivity contribution in [3.05, 3.63) is 60.2 Å². The molecule has 0 aliphatic heterocycles. The Labute approximate surface area is 120 Å². The summed E-state index contributed by atoms with van der Waals surface area (Å²) in [6.07, 6.45) is 0. The van der Waals surface area contributed by atoms with Crippen LogP contribution in [0.5, 0.6) is 0 Å². The number of carbonyl (C=O) groups excluding carboxylic acids is 1. The summed E-state index contributed by atoms with van der Waals surface area (Å²) in [6.45, 7) is 3.86. The molecule has 0 saturated carbocycles. The molecule has 0 radical (unpaired) electrons. The van der Waals surface area contributed by atoms with E-state index < -0.39 is 5.41 Å². The normalized spacial score (nSPS) is 11.2. The average molecular weight is 268 g/mol. The Kier molecular flexibility index (Phi) is 3.79. The molecule has 2 N–H and O–H groups in total. The first kappa shape index (κ1) is 14.1. The quantitative estimate of drug-likeness (QED) is 0.869. The highest BCUT2D eigenvalue weighted by Gasteiger charge is 2.33. The molecule has 104 valence electrons. The molecule has 0 aliphatic carbocycles. The van der Waals surface area contributed by atoms with Crippen LogP contribution in [-0.4, -0.2) is 13.0 Å². The van der Waals surface area contributed by atoms with Crippen molar-refractivity contribution >= 4 is 17.3 Å². The van der Waals surface area contributed by atoms with Crippen LogP contribution in [0.4, 0.5) is 11.4 Å². The van der Waals surface area contributed by atoms with Gasteiger partial charge in [0.25, 0.3) is 0 Å². The van der Waals surface area contributed by atoms with E-state index >= 15 is 0 Å². The summed E-state index contributed by atoms with van der Waals surface area (Å²) in [5.74, 6) is 0.0154. The highest BCUT2D eigenvalue weighted by Crippen LogP contribution is 2.29. The van der Waals surface area contributed by atoms with Crippen LogP contribution >= 0.6 is 0 Å². The lowest BCUT2D eigenvalue weighted by molar-refractivity contribution is -0.122. The summed E-state index contributed by atoms with van der Waals surface area (Å²) in [5.41, 5.74) is 7.68. The van der Waals surface area contributed by atoms with Gasteiger partial charge in [-0.25, -0.2) is 0 Å². The minimum absolute atomic E-state index is 0.0154. The second kappa shape index (κ2) is 5.37. The van der Waals surface area contributed by atoms with E-state index in [4.69, 9.17) is 5.73 Å². The fourth-order valence-corrected chi connectivity index (χ4v) is 2.30. The number of hydrogen-bond donors (Lipinski definition) is 1. The second-order valence-corrected chi connectivity index (χ2v) is 5.41. The van der Waals surface area contributed by atoms with Crippen molar-refractivity contribution < 1.29 is 4.79 Å². The van der Waals surface area contributed by atoms with Crippen molar-refractivity contribution in [2.75, 3.05) is 17.7 Å². The number of para-hydroxylation sites is 2. The lowest BCUT2D eigenvalue weighted by Crippen LogP contribution is -2.41. The smallest absolute Gasteiger partial charge is 0.236 e. The molecule has 0 aromatic heterocycles. The van der Waals surface area contributed by atoms with Crippen molar-refractivity contribution in [1.29, 1.82) is 0 Å². The standard InChI is InChI=1S/C17H20N2O/c1-17(2,13-9-5-4-6-10-13)16(20)19(3)15-12-8-7-11-14(15)18/h4-12H,18H2,1-3H3. The molecule has 0 unspecified atom stereocenters. The molecule has 1 amide bonds. The van der Waals surface area contributed by atoms with E-state index in [1.54, 1.807) is 18.0 Å². The molecular formula is C17H20N2O. The Morgan fingerprint density at radius 2 is 1.55 bits per heavy atom. The lowest BCUT2D eigenvalue weighted by atomic mass is 9.83. The predicted octanol–water partition coefficient (Wildman–Crippen LogP) is 3.21. The number of nitrogens with zero attached hydrogens (tertiary/aromatic N) is 1. The molecule has 0 heterocycles. The molecule has 2 aromatic rings. The molecule has 0 aliphatic rings. The monoisotopic (exact) mass is 268 g/mol. The van der Waals surface area contributed by atoms with E-state index in [0.717, 1.165) is 11.3 Å². The minimum atomic E-state index is -0.599. The Bertz CT molecular complexity index is 605. The summed E-state index contributed by atoms with van der Waals surface area (Å²) in [5, 5.41) is 0. The second-order valence-electron chi connectivity index (χ2n) is 5.41. The van der Waals surface area contributed by atoms with Crippen molar-refractivity contribution in [3.63, 3.8) is 0 Å². The zero-order valence-corrected chi connectivity index (χ0v) is 12.1. The lowest BCUT2D eigenvalue weighted by Gasteiger charge is -2.30. The van der Waals surface area contributed by atoms with Crippen LogP contribution in [-0.2, 0) is 10.2 Å². The summed E-state index contributed by atoms with van der Waals surface area (Å²) in [6, 6.07) is 17.2. The van der Waals surface area contributed by atoms with Crippen LogP contribution in [0.1, 0.15) is 19.4 Å². The number of likely N-dealkylation sites (N-methyl/N-ethyl adjacent to an activating group) is 1. The van der Waals surface area contributed by atoms with Gasteiger partial charge < -0.3 is 10.6 Å². The van der Waals surface area contributed by atoms with Crippen LogP contribution in [0, 0.1) is 0 Å². The maximum Gasteiger partial charge on any atom is 0.236 e. The van der Waals surface area contributed by atoms with Gasteiger partial charge in [-0.2, -0.15) is 0 Å². The van der Waals surface area contributed by atoms with Gasteiger partial charge in [-0.05, 0) is 31.5 Å². The summed E-state index contributed by atoms with van der Waals surface area (Å²) in [4.78, 5) is 14.4. The van der Waals surface area contributed by atoms with Crippen LogP contribution in [0.3, 0.4) is 0 Å². The van der Waals surface area contributed by atoms with Crippen LogP contribution < -0.4 is 10.6 Å². The highest BCUT2D eigenvalue weighted by atomic mass is 16.2. The number of amides is 1. The van der Waals surface area contributed by atoms with Crippen molar-refractivity contribution in [3.8, 4) is 0 Å². The van der Waals surface area contributed by atoms with E-state index in [-0.39, 0.29) is 5.91 Å². The molecule has 2 rings (SSSR count). The fraction of sp³-hybridized carbons (Fsp3) is 0.235. The van der Waals surface area contributed by atoms with Crippen molar-refractivity contribution in [2.24, 2.45) is 0 Å². The first-order chi connectivity index (χ1) is 9.44. The maximum absolute atomic E-state index is 12.8. The number of anilines is 2. The van der Waals surface area contributed by atoms with E-state index in [0.29, 0.717) is 5.69 Å². The molecule has 2 aromatic carbocycles. The van der Waals surface area contributed by atoms with Crippen LogP contribution in [0.25, 0.3) is 0 Å². The summed E-state index contributed by atoms with van der Waals surface area (Å²) in [7, 11) is 1.76. The van der Waals surface area contributed by atoms with Crippen molar-refractivity contribution in [2.45, 2.75) is 19.3 Å². The number of carbonyl (C=O) groups is 1. The van der Waals surface area contributed by atoms with Crippen LogP contribution in [0.15, 0.2) is 54.6 Å². The molecule has 3 heteroatoms. The van der Waals surface area contributed by atoms with Gasteiger partial charge >= 0.3 is 0 Å². The third-order valence-electron chi connectivity index (χ3n) is 3.63. The molecule has 0 bridgehead atoms. The minimum Gasteiger partial charge on any atom is -0.397 e. The predicted molar refractivity (Wildman–Crippen MR) is 83.7 cm³/mol. The van der Waals surface area contributed by atoms with Gasteiger partial charge in [-0.15, -0.1) is 0 Å². The van der Waals surface area contributed by atoms with Gasteiger partial charge in [0.15, 0.2) is 0 Å². The number of nitrogen functional groups attached to an aromatic ring is 1. The number of rotatable bonds is 3. The van der Waals surface area contributed by atoms with Crippen molar-refractivity contribution in [1.82, 2.24) is 0 Å². The third kappa shape index (κ3) is 2.52. The summed E-state index contributed by atoms with van der Waals surface area (Å²) >= 11 is 0. The van der Waals surface area contributed by atoms with Gasteiger partial charge in [0, 0.05) is 7.05 Å². The molecule has 0 spiro atoms. The highest BCUT2D eigenvalue weighted by molar-refractivity contribution is 6.02. The third-order valence-corrected chi connectivity index (χ3v) is 3.63. The molecule has 20 heavy (non-hydrogen) atoms. The number of benzene rings is 2. The zero-order chi connectivity index (χ0) is 14.8. The van der Waals surface area contributed by atoms with Gasteiger partial charge in [-0.3, -0.25) is 4.79 Å². The number of nitrogens with two attached hydrogens (primary N) is 1. The first-order valence-corrected chi connectivity index (χ1v) is 6.63. The summed E-state index contributed by atoms with van der Waals surface area (Å²) < 4.78 is 0. The SMILES string of the molecule is CN(C(=O)C(C)(C)c1ccccc1)c1ccccc1N. The van der Waals surface area contributed by atoms with Gasteiger partial charge in [0.05, 0.1) is 16.8 Å². The van der Waals surface area contributed by atoms with Gasteiger partial charge in [0.2, 0.25) is 5.91 Å². The topological polar surface area (TPSA) is 46.3 Å². The molecule has 0 atom stereocenters. The van der Waals surface area contributed by atoms with E-state index in [1.807, 2.05) is 62.4 Å². The molecule has 0 fully saturated rings. The molecular weight excluding hydrogens is 248 g/mol. The van der Waals surface area contributed by atoms with E-state index in [9.17, 15) is 4.79 Å². The van der Waals surface area contributed by atoms with E-state index in [2.05, 4.69) is 0 Å². The Balaban J connectivity index is 2.34. The fourth-order valence-electron chi connectivity index (χ4n) is 2.30. The largest absolute Gasteiger partial charge is 0.397 e. The average Bonchev–Trinajstić information content (AvgIpc) is 2.47. The van der Waals surface area contributed by atoms with Crippen LogP contribution in [0.2, 0.25) is 0 Å². The van der Waals surface area contributed by atoms with Gasteiger partial charge in [0.1, 0.15) is 0 Å². The Hall–Kier alpha value is -2.29. The molecule has 0 saturated heterocycles. The van der Waals surface area contributed by atoms with E-state index in [1.165, 1.54) is 0 Å². The first-order valence-electron chi connectivity index (χ1n) is 6.63.